The molecule has 4 nitrogen and oxygen atoms in total. The van der Waals surface area contributed by atoms with Crippen LogP contribution in [0.5, 0.6) is 0 Å². The Morgan fingerprint density at radius 3 is 2.60 bits per heavy atom. The predicted molar refractivity (Wildman–Crippen MR) is 58.2 cm³/mol. The first kappa shape index (κ1) is 12.2. The zero-order valence-corrected chi connectivity index (χ0v) is 9.67. The molecular formula is C11H20N2O2. The van der Waals surface area contributed by atoms with Gasteiger partial charge in [-0.25, -0.2) is 0 Å². The summed E-state index contributed by atoms with van der Waals surface area (Å²) in [4.78, 5) is 22.4. The minimum Gasteiger partial charge on any atom is -0.303 e. The summed E-state index contributed by atoms with van der Waals surface area (Å²) in [6, 6.07) is 0.116. The van der Waals surface area contributed by atoms with E-state index in [2.05, 4.69) is 31.4 Å². The Kier molecular flexibility index (Phi) is 4.27. The van der Waals surface area contributed by atoms with E-state index in [4.69, 9.17) is 0 Å². The molecule has 0 aromatic rings. The topological polar surface area (TPSA) is 58.2 Å². The zero-order valence-electron chi connectivity index (χ0n) is 9.67. The second kappa shape index (κ2) is 5.26. The van der Waals surface area contributed by atoms with Gasteiger partial charge in [0.25, 0.3) is 0 Å². The Morgan fingerprint density at radius 1 is 1.40 bits per heavy atom. The van der Waals surface area contributed by atoms with E-state index in [0.29, 0.717) is 24.8 Å². The van der Waals surface area contributed by atoms with E-state index < -0.39 is 0 Å². The fourth-order valence-electron chi connectivity index (χ4n) is 1.97. The van der Waals surface area contributed by atoms with Crippen molar-refractivity contribution in [1.82, 2.24) is 10.6 Å². The molecule has 1 aliphatic rings. The van der Waals surface area contributed by atoms with Crippen molar-refractivity contribution in [3.05, 3.63) is 0 Å². The second-order valence-corrected chi connectivity index (χ2v) is 4.70. The second-order valence-electron chi connectivity index (χ2n) is 4.70. The van der Waals surface area contributed by atoms with Gasteiger partial charge in [0.05, 0.1) is 6.04 Å². The molecule has 1 saturated heterocycles. The Bertz CT molecular complexity index is 251. The number of hydrogen-bond donors (Lipinski definition) is 2. The number of rotatable bonds is 4. The van der Waals surface area contributed by atoms with Gasteiger partial charge >= 0.3 is 0 Å². The van der Waals surface area contributed by atoms with Crippen LogP contribution in [0.3, 0.4) is 0 Å². The first-order chi connectivity index (χ1) is 6.99. The Labute approximate surface area is 90.8 Å². The summed E-state index contributed by atoms with van der Waals surface area (Å²) < 4.78 is 0. The molecule has 15 heavy (non-hydrogen) atoms. The standard InChI is InChI=1S/C11H20N2O2/c1-7(2)6-8(3)12-9-4-5-10(14)13-11(9)15/h7-9,12H,4-6H2,1-3H3,(H,13,14,15). The highest BCUT2D eigenvalue weighted by molar-refractivity contribution is 6.00. The highest BCUT2D eigenvalue weighted by Crippen LogP contribution is 2.09. The number of carbonyl (C=O) groups excluding carboxylic acids is 2. The molecule has 0 saturated carbocycles. The van der Waals surface area contributed by atoms with Crippen LogP contribution in [0.15, 0.2) is 0 Å². The van der Waals surface area contributed by atoms with Crippen LogP contribution in [0, 0.1) is 5.92 Å². The summed E-state index contributed by atoms with van der Waals surface area (Å²) in [5.41, 5.74) is 0. The molecule has 1 heterocycles. The van der Waals surface area contributed by atoms with Crippen LogP contribution < -0.4 is 10.6 Å². The summed E-state index contributed by atoms with van der Waals surface area (Å²) in [5.74, 6) is 0.275. The number of carbonyl (C=O) groups is 2. The third-order valence-electron chi connectivity index (χ3n) is 2.55. The lowest BCUT2D eigenvalue weighted by atomic mass is 10.0. The molecular weight excluding hydrogens is 192 g/mol. The number of imide groups is 1. The molecule has 2 amide bonds. The van der Waals surface area contributed by atoms with Crippen LogP contribution in [0.2, 0.25) is 0 Å². The van der Waals surface area contributed by atoms with E-state index in [1.807, 2.05) is 0 Å². The van der Waals surface area contributed by atoms with Gasteiger partial charge in [0, 0.05) is 12.5 Å². The smallest absolute Gasteiger partial charge is 0.243 e. The van der Waals surface area contributed by atoms with Crippen LogP contribution >= 0.6 is 0 Å². The van der Waals surface area contributed by atoms with Gasteiger partial charge in [0.1, 0.15) is 0 Å². The number of amides is 2. The molecule has 2 unspecified atom stereocenters. The van der Waals surface area contributed by atoms with Gasteiger partial charge in [-0.05, 0) is 25.7 Å². The van der Waals surface area contributed by atoms with Crippen molar-refractivity contribution in [2.24, 2.45) is 5.92 Å². The predicted octanol–water partition coefficient (Wildman–Crippen LogP) is 0.816. The third kappa shape index (κ3) is 4.00. The lowest BCUT2D eigenvalue weighted by molar-refractivity contribution is -0.134. The Balaban J connectivity index is 2.38. The largest absolute Gasteiger partial charge is 0.303 e. The van der Waals surface area contributed by atoms with Crippen LogP contribution in [-0.2, 0) is 9.59 Å². The van der Waals surface area contributed by atoms with Gasteiger partial charge < -0.3 is 5.32 Å². The maximum absolute atomic E-state index is 11.4. The number of hydrogen-bond acceptors (Lipinski definition) is 3. The van der Waals surface area contributed by atoms with Crippen molar-refractivity contribution in [3.8, 4) is 0 Å². The van der Waals surface area contributed by atoms with Crippen molar-refractivity contribution in [2.45, 2.75) is 52.1 Å². The highest BCUT2D eigenvalue weighted by atomic mass is 16.2. The van der Waals surface area contributed by atoms with Crippen molar-refractivity contribution in [3.63, 3.8) is 0 Å². The van der Waals surface area contributed by atoms with Crippen molar-refractivity contribution in [1.29, 1.82) is 0 Å². The highest BCUT2D eigenvalue weighted by Gasteiger charge is 2.27. The quantitative estimate of drug-likeness (QED) is 0.678. The Morgan fingerprint density at radius 2 is 2.07 bits per heavy atom. The minimum atomic E-state index is -0.198. The van der Waals surface area contributed by atoms with E-state index in [9.17, 15) is 9.59 Å². The Hall–Kier alpha value is -0.900. The van der Waals surface area contributed by atoms with Gasteiger partial charge in [-0.3, -0.25) is 14.9 Å². The molecule has 0 bridgehead atoms. The van der Waals surface area contributed by atoms with E-state index in [-0.39, 0.29) is 17.9 Å². The molecule has 0 aliphatic carbocycles. The van der Waals surface area contributed by atoms with Crippen LogP contribution in [0.25, 0.3) is 0 Å². The number of nitrogens with one attached hydrogen (secondary N) is 2. The van der Waals surface area contributed by atoms with Crippen molar-refractivity contribution in [2.75, 3.05) is 0 Å². The zero-order chi connectivity index (χ0) is 11.4. The summed E-state index contributed by atoms with van der Waals surface area (Å²) in [6.07, 6.45) is 2.10. The first-order valence-electron chi connectivity index (χ1n) is 5.58. The molecule has 0 spiro atoms. The monoisotopic (exact) mass is 212 g/mol. The van der Waals surface area contributed by atoms with Gasteiger partial charge in [0.15, 0.2) is 0 Å². The van der Waals surface area contributed by atoms with Crippen LogP contribution in [0.1, 0.15) is 40.0 Å². The van der Waals surface area contributed by atoms with Gasteiger partial charge in [-0.15, -0.1) is 0 Å². The minimum absolute atomic E-state index is 0.158. The molecule has 0 aromatic carbocycles. The normalized spacial score (nSPS) is 24.1. The van der Waals surface area contributed by atoms with E-state index in [1.165, 1.54) is 0 Å². The molecule has 86 valence electrons. The summed E-state index contributed by atoms with van der Waals surface area (Å²) >= 11 is 0. The number of piperidine rings is 1. The molecule has 1 fully saturated rings. The average Bonchev–Trinajstić information content (AvgIpc) is 2.08. The first-order valence-corrected chi connectivity index (χ1v) is 5.58. The lowest BCUT2D eigenvalue weighted by Gasteiger charge is -2.26. The van der Waals surface area contributed by atoms with Crippen molar-refractivity contribution >= 4 is 11.8 Å². The van der Waals surface area contributed by atoms with Gasteiger partial charge in [-0.1, -0.05) is 13.8 Å². The molecule has 1 aliphatic heterocycles. The van der Waals surface area contributed by atoms with Gasteiger partial charge in [0.2, 0.25) is 11.8 Å². The summed E-state index contributed by atoms with van der Waals surface area (Å²) in [6.45, 7) is 6.38. The fraction of sp³-hybridized carbons (Fsp3) is 0.818. The SMILES string of the molecule is CC(C)CC(C)NC1CCC(=O)NC1=O. The van der Waals surface area contributed by atoms with Crippen LogP contribution in [0.4, 0.5) is 0 Å². The van der Waals surface area contributed by atoms with E-state index in [1.54, 1.807) is 0 Å². The maximum atomic E-state index is 11.4. The fourth-order valence-corrected chi connectivity index (χ4v) is 1.97. The molecule has 0 radical (unpaired) electrons. The molecule has 2 N–H and O–H groups in total. The molecule has 0 aromatic heterocycles. The summed E-state index contributed by atoms with van der Waals surface area (Å²) in [5, 5.41) is 5.60. The maximum Gasteiger partial charge on any atom is 0.243 e. The third-order valence-corrected chi connectivity index (χ3v) is 2.55. The lowest BCUT2D eigenvalue weighted by Crippen LogP contribution is -2.53. The van der Waals surface area contributed by atoms with E-state index >= 15 is 0 Å². The van der Waals surface area contributed by atoms with E-state index in [0.717, 1.165) is 6.42 Å². The van der Waals surface area contributed by atoms with Crippen molar-refractivity contribution < 1.29 is 9.59 Å². The van der Waals surface area contributed by atoms with Crippen LogP contribution in [-0.4, -0.2) is 23.9 Å². The summed E-state index contributed by atoms with van der Waals surface area (Å²) in [7, 11) is 0. The average molecular weight is 212 g/mol. The molecule has 1 rings (SSSR count). The molecule has 4 heteroatoms. The van der Waals surface area contributed by atoms with Gasteiger partial charge in [-0.2, -0.15) is 0 Å². The molecule has 2 atom stereocenters.